The maximum atomic E-state index is 13.1. The van der Waals surface area contributed by atoms with Crippen molar-refractivity contribution in [1.29, 1.82) is 0 Å². The van der Waals surface area contributed by atoms with Gasteiger partial charge in [0.15, 0.2) is 11.6 Å². The number of anilines is 1. The van der Waals surface area contributed by atoms with Crippen LogP contribution < -0.4 is 5.43 Å². The number of benzene rings is 3. The van der Waals surface area contributed by atoms with Gasteiger partial charge in [0.2, 0.25) is 0 Å². The molecular weight excluding hydrogens is 410 g/mol. The molecule has 0 aliphatic carbocycles. The molecule has 4 nitrogen and oxygen atoms in total. The Balaban J connectivity index is 1.75. The fourth-order valence-corrected chi connectivity index (χ4v) is 3.12. The lowest BCUT2D eigenvalue weighted by molar-refractivity contribution is 0.628. The molecule has 0 aliphatic rings. The lowest BCUT2D eigenvalue weighted by atomic mass is 10.1. The summed E-state index contributed by atoms with van der Waals surface area (Å²) in [6.45, 7) is 1.84. The molecule has 0 fully saturated rings. The lowest BCUT2D eigenvalue weighted by Crippen LogP contribution is -2.03. The van der Waals surface area contributed by atoms with Gasteiger partial charge in [0.05, 0.1) is 21.3 Å². The van der Waals surface area contributed by atoms with E-state index in [0.29, 0.717) is 27.4 Å². The number of aromatic nitrogens is 2. The monoisotopic (exact) mass is 424 g/mol. The summed E-state index contributed by atoms with van der Waals surface area (Å²) in [5.41, 5.74) is 6.03. The lowest BCUT2D eigenvalue weighted by Gasteiger charge is -2.10. The molecule has 0 saturated carbocycles. The molecular formula is C22H15Cl2FN4. The van der Waals surface area contributed by atoms with Crippen LogP contribution in [0.15, 0.2) is 71.8 Å². The molecule has 1 heterocycles. The van der Waals surface area contributed by atoms with E-state index in [2.05, 4.69) is 20.5 Å². The SMILES string of the molecule is C/C(=N/Nc1nc(-c2ccc(Cl)c(Cl)c2)nc2ccccc12)c1ccc(F)cc1. The van der Waals surface area contributed by atoms with Crippen molar-refractivity contribution in [1.82, 2.24) is 9.97 Å². The van der Waals surface area contributed by atoms with Crippen LogP contribution in [0.3, 0.4) is 0 Å². The summed E-state index contributed by atoms with van der Waals surface area (Å²) in [5.74, 6) is 0.764. The van der Waals surface area contributed by atoms with Crippen LogP contribution in [0.4, 0.5) is 10.2 Å². The zero-order chi connectivity index (χ0) is 20.4. The number of para-hydroxylation sites is 1. The van der Waals surface area contributed by atoms with Gasteiger partial charge >= 0.3 is 0 Å². The summed E-state index contributed by atoms with van der Waals surface area (Å²) < 4.78 is 13.1. The molecule has 0 unspecified atom stereocenters. The quantitative estimate of drug-likeness (QED) is 0.297. The van der Waals surface area contributed by atoms with Gasteiger partial charge in [-0.2, -0.15) is 5.10 Å². The van der Waals surface area contributed by atoms with Gasteiger partial charge in [-0.1, -0.05) is 47.5 Å². The van der Waals surface area contributed by atoms with Gasteiger partial charge in [0.1, 0.15) is 5.82 Å². The minimum atomic E-state index is -0.289. The normalized spacial score (nSPS) is 11.7. The molecule has 0 bridgehead atoms. The Morgan fingerprint density at radius 3 is 2.45 bits per heavy atom. The van der Waals surface area contributed by atoms with E-state index < -0.39 is 0 Å². The predicted octanol–water partition coefficient (Wildman–Crippen LogP) is 6.58. The molecule has 0 amide bonds. The number of nitrogens with one attached hydrogen (secondary N) is 1. The Morgan fingerprint density at radius 1 is 0.931 bits per heavy atom. The van der Waals surface area contributed by atoms with E-state index in [4.69, 9.17) is 23.2 Å². The van der Waals surface area contributed by atoms with Crippen molar-refractivity contribution >= 4 is 45.6 Å². The van der Waals surface area contributed by atoms with Gasteiger partial charge in [-0.05, 0) is 55.0 Å². The third-order valence-electron chi connectivity index (χ3n) is 4.37. The zero-order valence-corrected chi connectivity index (χ0v) is 16.8. The molecule has 4 aromatic rings. The highest BCUT2D eigenvalue weighted by atomic mass is 35.5. The smallest absolute Gasteiger partial charge is 0.162 e. The van der Waals surface area contributed by atoms with Crippen LogP contribution in [0.25, 0.3) is 22.3 Å². The van der Waals surface area contributed by atoms with Crippen LogP contribution in [-0.2, 0) is 0 Å². The van der Waals surface area contributed by atoms with Gasteiger partial charge in [-0.25, -0.2) is 14.4 Å². The van der Waals surface area contributed by atoms with Crippen molar-refractivity contribution in [2.24, 2.45) is 5.10 Å². The van der Waals surface area contributed by atoms with Crippen LogP contribution in [0, 0.1) is 5.82 Å². The predicted molar refractivity (Wildman–Crippen MR) is 117 cm³/mol. The van der Waals surface area contributed by atoms with Crippen molar-refractivity contribution in [2.45, 2.75) is 6.92 Å². The van der Waals surface area contributed by atoms with Crippen LogP contribution in [0.1, 0.15) is 12.5 Å². The minimum absolute atomic E-state index is 0.289. The van der Waals surface area contributed by atoms with E-state index in [9.17, 15) is 4.39 Å². The van der Waals surface area contributed by atoms with E-state index >= 15 is 0 Å². The third kappa shape index (κ3) is 4.21. The van der Waals surface area contributed by atoms with Gasteiger partial charge < -0.3 is 0 Å². The van der Waals surface area contributed by atoms with Gasteiger partial charge in [-0.3, -0.25) is 5.43 Å². The number of hydrogen-bond acceptors (Lipinski definition) is 4. The van der Waals surface area contributed by atoms with E-state index in [1.165, 1.54) is 12.1 Å². The van der Waals surface area contributed by atoms with E-state index in [1.54, 1.807) is 24.3 Å². The first kappa shape index (κ1) is 19.3. The second-order valence-corrected chi connectivity index (χ2v) is 7.17. The fourth-order valence-electron chi connectivity index (χ4n) is 2.82. The average molecular weight is 425 g/mol. The maximum absolute atomic E-state index is 13.1. The maximum Gasteiger partial charge on any atom is 0.162 e. The van der Waals surface area contributed by atoms with Gasteiger partial charge in [-0.15, -0.1) is 0 Å². The van der Waals surface area contributed by atoms with Gasteiger partial charge in [0, 0.05) is 10.9 Å². The summed E-state index contributed by atoms with van der Waals surface area (Å²) in [6, 6.07) is 19.0. The summed E-state index contributed by atoms with van der Waals surface area (Å²) in [6.07, 6.45) is 0. The number of hydrazone groups is 1. The molecule has 7 heteroatoms. The third-order valence-corrected chi connectivity index (χ3v) is 5.11. The number of hydrogen-bond donors (Lipinski definition) is 1. The molecule has 1 N–H and O–H groups in total. The van der Waals surface area contributed by atoms with Crippen LogP contribution in [0.5, 0.6) is 0 Å². The first-order chi connectivity index (χ1) is 14.0. The van der Waals surface area contributed by atoms with E-state index in [-0.39, 0.29) is 5.82 Å². The molecule has 29 heavy (non-hydrogen) atoms. The largest absolute Gasteiger partial charge is 0.260 e. The van der Waals surface area contributed by atoms with E-state index in [0.717, 1.165) is 22.0 Å². The first-order valence-corrected chi connectivity index (χ1v) is 9.55. The van der Waals surface area contributed by atoms with Gasteiger partial charge in [0.25, 0.3) is 0 Å². The Bertz CT molecular complexity index is 1220. The minimum Gasteiger partial charge on any atom is -0.260 e. The van der Waals surface area contributed by atoms with Crippen molar-refractivity contribution in [3.8, 4) is 11.4 Å². The van der Waals surface area contributed by atoms with Crippen molar-refractivity contribution in [2.75, 3.05) is 5.43 Å². The standard InChI is InChI=1S/C22H15Cl2FN4/c1-13(14-6-9-16(25)10-7-14)28-29-22-17-4-2-3-5-20(17)26-21(27-22)15-8-11-18(23)19(24)12-15/h2-12H,1H3,(H,26,27,29)/b28-13-. The molecule has 4 rings (SSSR count). The number of fused-ring (bicyclic) bond motifs is 1. The van der Waals surface area contributed by atoms with Crippen LogP contribution in [-0.4, -0.2) is 15.7 Å². The summed E-state index contributed by atoms with van der Waals surface area (Å²) in [5, 5.41) is 6.14. The summed E-state index contributed by atoms with van der Waals surface area (Å²) >= 11 is 12.2. The second kappa shape index (κ2) is 8.15. The van der Waals surface area contributed by atoms with Crippen molar-refractivity contribution in [3.05, 3.63) is 88.2 Å². The molecule has 0 atom stereocenters. The highest BCUT2D eigenvalue weighted by molar-refractivity contribution is 6.42. The topological polar surface area (TPSA) is 50.2 Å². The van der Waals surface area contributed by atoms with Crippen molar-refractivity contribution < 1.29 is 4.39 Å². The second-order valence-electron chi connectivity index (χ2n) is 6.36. The Kier molecular flexibility index (Phi) is 5.43. The Hall–Kier alpha value is -3.02. The molecule has 1 aromatic heterocycles. The number of nitrogens with zero attached hydrogens (tertiary/aromatic N) is 3. The van der Waals surface area contributed by atoms with Crippen molar-refractivity contribution in [3.63, 3.8) is 0 Å². The zero-order valence-electron chi connectivity index (χ0n) is 15.3. The molecule has 0 saturated heterocycles. The molecule has 144 valence electrons. The van der Waals surface area contributed by atoms with Crippen LogP contribution >= 0.6 is 23.2 Å². The Labute approximate surface area is 177 Å². The molecule has 0 spiro atoms. The fraction of sp³-hybridized carbons (Fsp3) is 0.0455. The summed E-state index contributed by atoms with van der Waals surface area (Å²) in [7, 11) is 0. The molecule has 0 aliphatic heterocycles. The highest BCUT2D eigenvalue weighted by Gasteiger charge is 2.11. The molecule has 0 radical (unpaired) electrons. The summed E-state index contributed by atoms with van der Waals surface area (Å²) in [4.78, 5) is 9.26. The number of halogens is 3. The molecule has 3 aromatic carbocycles. The van der Waals surface area contributed by atoms with E-state index in [1.807, 2.05) is 37.3 Å². The highest BCUT2D eigenvalue weighted by Crippen LogP contribution is 2.29. The first-order valence-electron chi connectivity index (χ1n) is 8.80. The Morgan fingerprint density at radius 2 is 1.69 bits per heavy atom. The average Bonchev–Trinajstić information content (AvgIpc) is 2.74. The number of rotatable bonds is 4. The van der Waals surface area contributed by atoms with Crippen LogP contribution in [0.2, 0.25) is 10.0 Å².